The zero-order valence-electron chi connectivity index (χ0n) is 14.0. The molecule has 2 N–H and O–H groups in total. The van der Waals surface area contributed by atoms with Crippen LogP contribution in [0.25, 0.3) is 0 Å². The minimum absolute atomic E-state index is 0. The number of rotatable bonds is 5. The molecule has 0 bridgehead atoms. The van der Waals surface area contributed by atoms with E-state index in [1.807, 2.05) is 0 Å². The summed E-state index contributed by atoms with van der Waals surface area (Å²) in [7, 11) is 0. The molecule has 1 unspecified atom stereocenters. The van der Waals surface area contributed by atoms with Gasteiger partial charge in [-0.2, -0.15) is 0 Å². The molecule has 0 radical (unpaired) electrons. The van der Waals surface area contributed by atoms with E-state index in [0.717, 1.165) is 26.1 Å². The summed E-state index contributed by atoms with van der Waals surface area (Å²) in [5, 5.41) is 6.01. The van der Waals surface area contributed by atoms with E-state index < -0.39 is 0 Å². The molecule has 2 aliphatic rings. The van der Waals surface area contributed by atoms with Crippen LogP contribution in [0.5, 0.6) is 0 Å². The third-order valence-electron chi connectivity index (χ3n) is 4.67. The van der Waals surface area contributed by atoms with Crippen molar-refractivity contribution < 1.29 is 9.59 Å². The Morgan fingerprint density at radius 2 is 1.92 bits per heavy atom. The predicted octanol–water partition coefficient (Wildman–Crippen LogP) is 1.17. The van der Waals surface area contributed by atoms with Gasteiger partial charge in [0.1, 0.15) is 0 Å². The standard InChI is InChI=1S/C17H24N4O2.ClH/c1-2-13-3-5-14(6-4-13)15-11-18-7-8-20(15)9-10-21-16(22)12-19-17(21)23;/h3-6,15,18H,2,7-12H2,1H3,(H,19,23);1H. The van der Waals surface area contributed by atoms with Crippen LogP contribution >= 0.6 is 12.4 Å². The highest BCUT2D eigenvalue weighted by atomic mass is 35.5. The summed E-state index contributed by atoms with van der Waals surface area (Å²) >= 11 is 0. The highest BCUT2D eigenvalue weighted by Gasteiger charge is 2.30. The van der Waals surface area contributed by atoms with Crippen LogP contribution < -0.4 is 10.6 Å². The molecule has 0 aliphatic carbocycles. The number of halogens is 1. The topological polar surface area (TPSA) is 64.7 Å². The normalized spacial score (nSPS) is 21.5. The Morgan fingerprint density at radius 1 is 1.17 bits per heavy atom. The van der Waals surface area contributed by atoms with Crippen LogP contribution in [0.15, 0.2) is 24.3 Å². The van der Waals surface area contributed by atoms with Crippen molar-refractivity contribution in [2.24, 2.45) is 0 Å². The molecule has 3 rings (SSSR count). The summed E-state index contributed by atoms with van der Waals surface area (Å²) in [5.74, 6) is -0.131. The summed E-state index contributed by atoms with van der Waals surface area (Å²) < 4.78 is 0. The smallest absolute Gasteiger partial charge is 0.324 e. The first-order chi connectivity index (χ1) is 11.2. The number of carbonyl (C=O) groups is 2. The van der Waals surface area contributed by atoms with Crippen LogP contribution in [0.3, 0.4) is 0 Å². The van der Waals surface area contributed by atoms with E-state index in [2.05, 4.69) is 46.7 Å². The van der Waals surface area contributed by atoms with E-state index in [1.165, 1.54) is 16.0 Å². The molecule has 3 amide bonds. The zero-order chi connectivity index (χ0) is 16.2. The van der Waals surface area contributed by atoms with Gasteiger partial charge in [-0.05, 0) is 17.5 Å². The molecular weight excluding hydrogens is 328 g/mol. The number of piperazine rings is 1. The van der Waals surface area contributed by atoms with Gasteiger partial charge in [-0.25, -0.2) is 4.79 Å². The number of hydrogen-bond donors (Lipinski definition) is 2. The van der Waals surface area contributed by atoms with Crippen molar-refractivity contribution >= 4 is 24.3 Å². The third kappa shape index (κ3) is 4.06. The van der Waals surface area contributed by atoms with E-state index >= 15 is 0 Å². The maximum Gasteiger partial charge on any atom is 0.324 e. The fraction of sp³-hybridized carbons (Fsp3) is 0.529. The Bertz CT molecular complexity index is 562. The van der Waals surface area contributed by atoms with Gasteiger partial charge in [0.05, 0.1) is 6.54 Å². The van der Waals surface area contributed by atoms with E-state index in [9.17, 15) is 9.59 Å². The van der Waals surface area contributed by atoms with E-state index in [1.54, 1.807) is 0 Å². The molecule has 0 aromatic heterocycles. The number of hydrogen-bond acceptors (Lipinski definition) is 4. The molecular formula is C17H25ClN4O2. The lowest BCUT2D eigenvalue weighted by Crippen LogP contribution is -2.49. The van der Waals surface area contributed by atoms with Crippen molar-refractivity contribution in [1.82, 2.24) is 20.4 Å². The summed E-state index contributed by atoms with van der Waals surface area (Å²) in [4.78, 5) is 27.0. The average molecular weight is 353 g/mol. The zero-order valence-corrected chi connectivity index (χ0v) is 14.8. The van der Waals surface area contributed by atoms with Crippen LogP contribution in [-0.2, 0) is 11.2 Å². The minimum Gasteiger partial charge on any atom is -0.329 e. The largest absolute Gasteiger partial charge is 0.329 e. The van der Waals surface area contributed by atoms with E-state index in [4.69, 9.17) is 0 Å². The molecule has 0 spiro atoms. The molecule has 1 aromatic carbocycles. The summed E-state index contributed by atoms with van der Waals surface area (Å²) in [5.41, 5.74) is 2.62. The fourth-order valence-corrected chi connectivity index (χ4v) is 3.23. The van der Waals surface area contributed by atoms with Crippen molar-refractivity contribution in [1.29, 1.82) is 0 Å². The van der Waals surface area contributed by atoms with Gasteiger partial charge in [0, 0.05) is 38.8 Å². The molecule has 2 fully saturated rings. The van der Waals surface area contributed by atoms with Gasteiger partial charge in [-0.15, -0.1) is 12.4 Å². The van der Waals surface area contributed by atoms with E-state index in [0.29, 0.717) is 13.1 Å². The average Bonchev–Trinajstić information content (AvgIpc) is 2.92. The molecule has 1 aromatic rings. The molecule has 0 saturated carbocycles. The number of carbonyl (C=O) groups excluding carboxylic acids is 2. The minimum atomic E-state index is -0.269. The number of urea groups is 1. The van der Waals surface area contributed by atoms with E-state index in [-0.39, 0.29) is 36.9 Å². The molecule has 7 heteroatoms. The molecule has 6 nitrogen and oxygen atoms in total. The Morgan fingerprint density at radius 3 is 2.54 bits per heavy atom. The number of amides is 3. The number of nitrogens with zero attached hydrogens (tertiary/aromatic N) is 2. The van der Waals surface area contributed by atoms with Gasteiger partial charge >= 0.3 is 6.03 Å². The first-order valence-electron chi connectivity index (χ1n) is 8.31. The summed E-state index contributed by atoms with van der Waals surface area (Å²) in [6.07, 6.45) is 1.04. The molecule has 132 valence electrons. The Labute approximate surface area is 149 Å². The fourth-order valence-electron chi connectivity index (χ4n) is 3.23. The van der Waals surface area contributed by atoms with Gasteiger partial charge < -0.3 is 10.6 Å². The van der Waals surface area contributed by atoms with Gasteiger partial charge in [0.2, 0.25) is 5.91 Å². The summed E-state index contributed by atoms with van der Waals surface area (Å²) in [6.45, 7) is 6.19. The highest BCUT2D eigenvalue weighted by molar-refractivity contribution is 6.01. The quantitative estimate of drug-likeness (QED) is 0.781. The van der Waals surface area contributed by atoms with Gasteiger partial charge in [-0.3, -0.25) is 14.6 Å². The first-order valence-corrected chi connectivity index (χ1v) is 8.31. The SMILES string of the molecule is CCc1ccc(C2CNCCN2CCN2C(=O)CNC2=O)cc1.Cl. The predicted molar refractivity (Wildman–Crippen MR) is 95.4 cm³/mol. The molecule has 2 saturated heterocycles. The van der Waals surface area contributed by atoms with Gasteiger partial charge in [0.25, 0.3) is 0 Å². The van der Waals surface area contributed by atoms with Crippen molar-refractivity contribution in [3.05, 3.63) is 35.4 Å². The van der Waals surface area contributed by atoms with Crippen LogP contribution in [0.1, 0.15) is 24.1 Å². The summed E-state index contributed by atoms with van der Waals surface area (Å²) in [6, 6.07) is 8.76. The van der Waals surface area contributed by atoms with Crippen molar-refractivity contribution in [3.8, 4) is 0 Å². The molecule has 1 atom stereocenters. The van der Waals surface area contributed by atoms with Crippen LogP contribution in [0.2, 0.25) is 0 Å². The van der Waals surface area contributed by atoms with Crippen molar-refractivity contribution in [2.75, 3.05) is 39.3 Å². The van der Waals surface area contributed by atoms with Gasteiger partial charge in [-0.1, -0.05) is 31.2 Å². The number of aryl methyl sites for hydroxylation is 1. The van der Waals surface area contributed by atoms with Crippen molar-refractivity contribution in [2.45, 2.75) is 19.4 Å². The molecule has 2 aliphatic heterocycles. The lowest BCUT2D eigenvalue weighted by Gasteiger charge is -2.37. The molecule has 24 heavy (non-hydrogen) atoms. The maximum absolute atomic E-state index is 11.7. The third-order valence-corrected chi connectivity index (χ3v) is 4.67. The van der Waals surface area contributed by atoms with Crippen LogP contribution in [-0.4, -0.2) is 61.0 Å². The van der Waals surface area contributed by atoms with Gasteiger partial charge in [0.15, 0.2) is 0 Å². The maximum atomic E-state index is 11.7. The second-order valence-electron chi connectivity index (χ2n) is 6.06. The Hall–Kier alpha value is -1.63. The lowest BCUT2D eigenvalue weighted by atomic mass is 10.0. The number of nitrogens with one attached hydrogen (secondary N) is 2. The molecule has 2 heterocycles. The Kier molecular flexibility index (Phi) is 6.60. The number of benzene rings is 1. The van der Waals surface area contributed by atoms with Crippen LogP contribution in [0.4, 0.5) is 4.79 Å². The van der Waals surface area contributed by atoms with Crippen molar-refractivity contribution in [3.63, 3.8) is 0 Å². The lowest BCUT2D eigenvalue weighted by molar-refractivity contribution is -0.125. The Balaban J connectivity index is 0.00000208. The second kappa shape index (κ2) is 8.46. The monoisotopic (exact) mass is 352 g/mol. The highest BCUT2D eigenvalue weighted by Crippen LogP contribution is 2.22. The second-order valence-corrected chi connectivity index (χ2v) is 6.06. The first kappa shape index (κ1) is 18.7. The number of imide groups is 1. The van der Waals surface area contributed by atoms with Crippen LogP contribution in [0, 0.1) is 0 Å².